The quantitative estimate of drug-likeness (QED) is 0.313. The number of hydrogen-bond donors (Lipinski definition) is 3. The van der Waals surface area contributed by atoms with E-state index in [0.717, 1.165) is 16.8 Å². The zero-order chi connectivity index (χ0) is 23.0. The predicted molar refractivity (Wildman–Crippen MR) is 119 cm³/mol. The number of carbonyl (C=O) groups is 1. The normalized spacial score (nSPS) is 12.3. The maximum atomic E-state index is 11.2. The third-order valence-corrected chi connectivity index (χ3v) is 4.94. The molecule has 10 heteroatoms. The van der Waals surface area contributed by atoms with E-state index in [1.165, 1.54) is 4.90 Å². The summed E-state index contributed by atoms with van der Waals surface area (Å²) in [6, 6.07) is 12.5. The van der Waals surface area contributed by atoms with Crippen LogP contribution in [0.4, 0.5) is 16.2 Å². The van der Waals surface area contributed by atoms with Crippen LogP contribution in [0.15, 0.2) is 54.9 Å². The molecule has 0 aliphatic carbocycles. The highest BCUT2D eigenvalue weighted by molar-refractivity contribution is 5.67. The third-order valence-electron chi connectivity index (χ3n) is 4.94. The Hall–Kier alpha value is -4.05. The van der Waals surface area contributed by atoms with Gasteiger partial charge in [-0.15, -0.1) is 0 Å². The molecule has 2 heterocycles. The number of carboxylic acid groups (broad SMARTS) is 1. The number of anilines is 2. The summed E-state index contributed by atoms with van der Waals surface area (Å²) >= 11 is 0. The lowest BCUT2D eigenvalue weighted by atomic mass is 10.1. The summed E-state index contributed by atoms with van der Waals surface area (Å²) in [5.41, 5.74) is 3.37. The molecule has 2 aromatic carbocycles. The molecule has 0 saturated heterocycles. The second-order valence-electron chi connectivity index (χ2n) is 7.27. The average Bonchev–Trinajstić information content (AvgIpc) is 3.27. The number of nitrogens with zero attached hydrogens (tertiary/aromatic N) is 3. The molecule has 0 saturated carbocycles. The van der Waals surface area contributed by atoms with Crippen LogP contribution in [0, 0.1) is 0 Å². The van der Waals surface area contributed by atoms with Crippen LogP contribution in [0.1, 0.15) is 11.1 Å². The first kappa shape index (κ1) is 22.2. The second kappa shape index (κ2) is 10.5. The molecular weight excluding hydrogens is 428 g/mol. The molecule has 1 aliphatic heterocycles. The molecule has 0 atom stereocenters. The molecule has 3 aromatic rings. The Morgan fingerprint density at radius 3 is 2.39 bits per heavy atom. The molecule has 0 radical (unpaired) electrons. The van der Waals surface area contributed by atoms with Gasteiger partial charge in [0, 0.05) is 17.8 Å². The maximum absolute atomic E-state index is 11.2. The number of aromatic hydroxyl groups is 1. The Bertz CT molecular complexity index is 1080. The average molecular weight is 452 g/mol. The van der Waals surface area contributed by atoms with Gasteiger partial charge < -0.3 is 29.7 Å². The summed E-state index contributed by atoms with van der Waals surface area (Å²) in [6.07, 6.45) is 2.27. The monoisotopic (exact) mass is 452 g/mol. The molecule has 1 aromatic heterocycles. The van der Waals surface area contributed by atoms with Crippen LogP contribution in [0.3, 0.4) is 0 Å². The van der Waals surface area contributed by atoms with Crippen molar-refractivity contribution in [2.45, 2.75) is 13.1 Å². The molecule has 4 rings (SSSR count). The summed E-state index contributed by atoms with van der Waals surface area (Å²) in [5.74, 6) is 0.885. The molecule has 172 valence electrons. The summed E-state index contributed by atoms with van der Waals surface area (Å²) < 4.78 is 16.8. The van der Waals surface area contributed by atoms with E-state index >= 15 is 0 Å². The maximum Gasteiger partial charge on any atom is 0.407 e. The first-order valence-corrected chi connectivity index (χ1v) is 10.4. The third kappa shape index (κ3) is 6.01. The van der Waals surface area contributed by atoms with Crippen molar-refractivity contribution >= 4 is 17.5 Å². The summed E-state index contributed by atoms with van der Waals surface area (Å²) in [5, 5.41) is 21.6. The molecule has 0 fully saturated rings. The van der Waals surface area contributed by atoms with Crippen molar-refractivity contribution in [1.82, 2.24) is 14.9 Å². The van der Waals surface area contributed by atoms with Crippen LogP contribution in [0.5, 0.6) is 17.5 Å². The first-order chi connectivity index (χ1) is 16.1. The molecule has 33 heavy (non-hydrogen) atoms. The molecule has 0 bridgehead atoms. The standard InChI is InChI=1S/C23H24N4O6/c28-19-6-4-17(5-7-19)26-18-12-24-22(25-13-18)33-11-9-31-8-10-32-21-3-1-2-16-14-27(23(29)30)15-20(16)21/h1-7,12-13,26,28H,8-11,14-15H2,(H,29,30). The van der Waals surface area contributed by atoms with Gasteiger partial charge in [0.1, 0.15) is 24.7 Å². The van der Waals surface area contributed by atoms with Crippen molar-refractivity contribution < 1.29 is 29.2 Å². The zero-order valence-corrected chi connectivity index (χ0v) is 17.8. The highest BCUT2D eigenvalue weighted by Gasteiger charge is 2.25. The van der Waals surface area contributed by atoms with Crippen LogP contribution in [-0.2, 0) is 17.8 Å². The van der Waals surface area contributed by atoms with Crippen molar-refractivity contribution in [3.05, 3.63) is 66.0 Å². The van der Waals surface area contributed by atoms with E-state index in [1.807, 2.05) is 18.2 Å². The number of phenolic OH excluding ortho intramolecular Hbond substituents is 1. The van der Waals surface area contributed by atoms with Gasteiger partial charge in [-0.25, -0.2) is 14.8 Å². The van der Waals surface area contributed by atoms with Crippen LogP contribution < -0.4 is 14.8 Å². The van der Waals surface area contributed by atoms with Gasteiger partial charge in [-0.05, 0) is 35.9 Å². The number of hydrogen-bond acceptors (Lipinski definition) is 8. The number of amides is 1. The van der Waals surface area contributed by atoms with Crippen LogP contribution in [-0.4, -0.2) is 57.6 Å². The van der Waals surface area contributed by atoms with Crippen molar-refractivity contribution in [1.29, 1.82) is 0 Å². The van der Waals surface area contributed by atoms with Crippen LogP contribution >= 0.6 is 0 Å². The summed E-state index contributed by atoms with van der Waals surface area (Å²) in [7, 11) is 0. The van der Waals surface area contributed by atoms with Gasteiger partial charge in [0.05, 0.1) is 37.8 Å². The minimum absolute atomic E-state index is 0.199. The van der Waals surface area contributed by atoms with Gasteiger partial charge in [0.15, 0.2) is 0 Å². The predicted octanol–water partition coefficient (Wildman–Crippen LogP) is 3.39. The van der Waals surface area contributed by atoms with E-state index in [2.05, 4.69) is 15.3 Å². The van der Waals surface area contributed by atoms with Gasteiger partial charge in [-0.1, -0.05) is 12.1 Å². The van der Waals surface area contributed by atoms with Gasteiger partial charge in [-0.2, -0.15) is 0 Å². The number of phenols is 1. The number of fused-ring (bicyclic) bond motifs is 1. The van der Waals surface area contributed by atoms with Gasteiger partial charge in [-0.3, -0.25) is 4.90 Å². The second-order valence-corrected chi connectivity index (χ2v) is 7.27. The van der Waals surface area contributed by atoms with Gasteiger partial charge in [0.25, 0.3) is 0 Å². The van der Waals surface area contributed by atoms with Gasteiger partial charge >= 0.3 is 12.1 Å². The SMILES string of the molecule is O=C(O)N1Cc2cccc(OCCOCCOc3ncc(Nc4ccc(O)cc4)cn3)c2C1. The molecule has 0 unspecified atom stereocenters. The lowest BCUT2D eigenvalue weighted by Crippen LogP contribution is -2.22. The van der Waals surface area contributed by atoms with Crippen molar-refractivity contribution in [3.63, 3.8) is 0 Å². The summed E-state index contributed by atoms with van der Waals surface area (Å²) in [6.45, 7) is 2.06. The Morgan fingerprint density at radius 2 is 1.67 bits per heavy atom. The Morgan fingerprint density at radius 1 is 0.939 bits per heavy atom. The molecule has 10 nitrogen and oxygen atoms in total. The van der Waals surface area contributed by atoms with E-state index in [9.17, 15) is 15.0 Å². The fourth-order valence-electron chi connectivity index (χ4n) is 3.33. The smallest absolute Gasteiger partial charge is 0.407 e. The number of benzene rings is 2. The largest absolute Gasteiger partial charge is 0.508 e. The highest BCUT2D eigenvalue weighted by Crippen LogP contribution is 2.30. The fourth-order valence-corrected chi connectivity index (χ4v) is 3.33. The van der Waals surface area contributed by atoms with E-state index in [-0.39, 0.29) is 11.8 Å². The topological polar surface area (TPSA) is 126 Å². The lowest BCUT2D eigenvalue weighted by molar-refractivity contribution is 0.0737. The zero-order valence-electron chi connectivity index (χ0n) is 17.8. The van der Waals surface area contributed by atoms with Crippen LogP contribution in [0.25, 0.3) is 0 Å². The van der Waals surface area contributed by atoms with Crippen molar-refractivity contribution in [2.24, 2.45) is 0 Å². The van der Waals surface area contributed by atoms with E-state index in [0.29, 0.717) is 51.0 Å². The van der Waals surface area contributed by atoms with E-state index in [1.54, 1.807) is 36.7 Å². The summed E-state index contributed by atoms with van der Waals surface area (Å²) in [4.78, 5) is 20.8. The van der Waals surface area contributed by atoms with Gasteiger partial charge in [0.2, 0.25) is 0 Å². The molecule has 1 aliphatic rings. The Kier molecular flexibility index (Phi) is 7.06. The lowest BCUT2D eigenvalue weighted by Gasteiger charge is -2.12. The molecule has 1 amide bonds. The molecular formula is C23H24N4O6. The minimum Gasteiger partial charge on any atom is -0.508 e. The van der Waals surface area contributed by atoms with Crippen molar-refractivity contribution in [2.75, 3.05) is 31.7 Å². The number of aromatic nitrogens is 2. The highest BCUT2D eigenvalue weighted by atomic mass is 16.5. The first-order valence-electron chi connectivity index (χ1n) is 10.4. The fraction of sp³-hybridized carbons (Fsp3) is 0.261. The molecule has 3 N–H and O–H groups in total. The number of ether oxygens (including phenoxy) is 3. The molecule has 0 spiro atoms. The number of rotatable bonds is 10. The number of nitrogens with one attached hydrogen (secondary N) is 1. The minimum atomic E-state index is -0.937. The Labute approximate surface area is 190 Å². The van der Waals surface area contributed by atoms with Crippen molar-refractivity contribution in [3.8, 4) is 17.5 Å². The van der Waals surface area contributed by atoms with E-state index < -0.39 is 6.09 Å². The van der Waals surface area contributed by atoms with E-state index in [4.69, 9.17) is 14.2 Å². The van der Waals surface area contributed by atoms with Crippen LogP contribution in [0.2, 0.25) is 0 Å². The Balaban J connectivity index is 1.13.